The average Bonchev–Trinajstić information content (AvgIpc) is 3.75. The summed E-state index contributed by atoms with van der Waals surface area (Å²) in [6, 6.07) is 5.57. The lowest BCUT2D eigenvalue weighted by Gasteiger charge is -2.38. The van der Waals surface area contributed by atoms with Gasteiger partial charge in [-0.2, -0.15) is 22.7 Å². The molecule has 3 aliphatic rings. The number of aromatic nitrogens is 7. The first kappa shape index (κ1) is 37.9. The Balaban J connectivity index is 1.19. The largest absolute Gasteiger partial charge is 0.504 e. The number of anilines is 1. The highest BCUT2D eigenvalue weighted by Crippen LogP contribution is 2.46. The van der Waals surface area contributed by atoms with Crippen molar-refractivity contribution in [3.63, 3.8) is 0 Å². The van der Waals surface area contributed by atoms with E-state index < -0.39 is 52.6 Å². The molecule has 8 rings (SSSR count). The van der Waals surface area contributed by atoms with E-state index in [4.69, 9.17) is 14.7 Å². The number of allylic oxidation sites excluding steroid dienone is 2. The third-order valence-corrected chi connectivity index (χ3v) is 11.1. The van der Waals surface area contributed by atoms with Crippen LogP contribution in [0.25, 0.3) is 22.7 Å². The number of likely N-dealkylation sites (tertiary alicyclic amines) is 1. The van der Waals surface area contributed by atoms with Gasteiger partial charge < -0.3 is 24.6 Å². The number of piperidine rings is 1. The number of carbonyl (C=O) groups excluding carboxylic acids is 2. The number of pyridine rings is 1. The van der Waals surface area contributed by atoms with Crippen LogP contribution in [0.1, 0.15) is 82.9 Å². The molecular weight excluding hydrogens is 750 g/mol. The van der Waals surface area contributed by atoms with Crippen molar-refractivity contribution >= 4 is 28.9 Å². The fraction of sp³-hybridized carbons (Fsp3) is 0.385. The number of ether oxygens (including phenoxy) is 1. The molecule has 1 aliphatic carbocycles. The first-order chi connectivity index (χ1) is 27.1. The Bertz CT molecular complexity index is 2550. The number of amides is 2. The molecule has 2 N–H and O–H groups in total. The minimum Gasteiger partial charge on any atom is -0.504 e. The van der Waals surface area contributed by atoms with Crippen LogP contribution in [0.3, 0.4) is 0 Å². The Kier molecular flexibility index (Phi) is 9.41. The van der Waals surface area contributed by atoms with Gasteiger partial charge in [-0.1, -0.05) is 6.08 Å². The number of hydrogen-bond acceptors (Lipinski definition) is 10. The minimum atomic E-state index is -4.78. The zero-order valence-corrected chi connectivity index (χ0v) is 31.2. The molecule has 18 heteroatoms. The number of alkyl halides is 3. The van der Waals surface area contributed by atoms with Crippen molar-refractivity contribution in [3.8, 4) is 17.1 Å². The molecule has 2 amide bonds. The Morgan fingerprint density at radius 3 is 2.44 bits per heavy atom. The van der Waals surface area contributed by atoms with Gasteiger partial charge in [0.25, 0.3) is 11.5 Å². The molecule has 14 nitrogen and oxygen atoms in total. The molecule has 0 saturated carbocycles. The summed E-state index contributed by atoms with van der Waals surface area (Å²) in [5, 5.41) is 17.5. The molecule has 0 radical (unpaired) electrons. The zero-order valence-electron chi connectivity index (χ0n) is 31.2. The Labute approximate surface area is 322 Å². The maximum absolute atomic E-state index is 14.9. The van der Waals surface area contributed by atoms with Crippen molar-refractivity contribution in [3.05, 3.63) is 98.5 Å². The van der Waals surface area contributed by atoms with Crippen LogP contribution in [0.15, 0.2) is 47.5 Å². The van der Waals surface area contributed by atoms with Gasteiger partial charge in [0.05, 0.1) is 28.2 Å². The molecule has 5 aromatic rings. The van der Waals surface area contributed by atoms with Crippen LogP contribution in [0.5, 0.6) is 5.75 Å². The topological polar surface area (TPSA) is 170 Å². The number of fused-ring (bicyclic) bond motifs is 3. The van der Waals surface area contributed by atoms with E-state index in [1.807, 2.05) is 25.1 Å². The quantitative estimate of drug-likeness (QED) is 0.214. The number of benzene rings is 1. The first-order valence-electron chi connectivity index (χ1n) is 18.4. The van der Waals surface area contributed by atoms with E-state index in [1.165, 1.54) is 10.9 Å². The number of nitrogens with one attached hydrogen (secondary N) is 1. The summed E-state index contributed by atoms with van der Waals surface area (Å²) in [5.41, 5.74) is 0.562. The van der Waals surface area contributed by atoms with E-state index in [9.17, 15) is 37.1 Å². The van der Waals surface area contributed by atoms with E-state index in [2.05, 4.69) is 20.4 Å². The number of halogens is 4. The fourth-order valence-electron chi connectivity index (χ4n) is 8.17. The first-order valence-corrected chi connectivity index (χ1v) is 18.4. The second-order valence-electron chi connectivity index (χ2n) is 14.7. The van der Waals surface area contributed by atoms with Crippen LogP contribution in [0.2, 0.25) is 0 Å². The average molecular weight is 788 g/mol. The van der Waals surface area contributed by atoms with Crippen molar-refractivity contribution in [2.45, 2.75) is 70.5 Å². The maximum atomic E-state index is 14.9. The molecule has 0 unspecified atom stereocenters. The van der Waals surface area contributed by atoms with Crippen LogP contribution in [0.4, 0.5) is 23.2 Å². The highest BCUT2D eigenvalue weighted by Gasteiger charge is 2.46. The number of carbonyl (C=O) groups is 2. The van der Waals surface area contributed by atoms with E-state index in [1.54, 1.807) is 18.7 Å². The molecule has 2 fully saturated rings. The third-order valence-electron chi connectivity index (χ3n) is 11.1. The SMILES string of the molecule is CC1=CC2(CCN(C(=O)c3ncnc(C)c3O)CC2)c2c1n(CC(=O)Nc1ccc(C(F)(F)F)cc1F)c1nc(-c3ccc(C4CCOCC4)nc3C)nn1c2=O. The predicted molar refractivity (Wildman–Crippen MR) is 197 cm³/mol. The molecular formula is C39H37F4N9O5. The van der Waals surface area contributed by atoms with E-state index in [0.717, 1.165) is 29.1 Å². The predicted octanol–water partition coefficient (Wildman–Crippen LogP) is 5.35. The van der Waals surface area contributed by atoms with Gasteiger partial charge in [-0.3, -0.25) is 19.4 Å². The van der Waals surface area contributed by atoms with Gasteiger partial charge in [0, 0.05) is 54.6 Å². The summed E-state index contributed by atoms with van der Waals surface area (Å²) in [6.07, 6.45) is 0.631. The fourth-order valence-corrected chi connectivity index (χ4v) is 8.17. The van der Waals surface area contributed by atoms with Crippen molar-refractivity contribution in [2.75, 3.05) is 31.6 Å². The maximum Gasteiger partial charge on any atom is 0.416 e. The number of rotatable bonds is 6. The molecule has 2 saturated heterocycles. The van der Waals surface area contributed by atoms with E-state index in [0.29, 0.717) is 66.3 Å². The number of hydrogen-bond donors (Lipinski definition) is 2. The van der Waals surface area contributed by atoms with Crippen LogP contribution < -0.4 is 10.9 Å². The summed E-state index contributed by atoms with van der Waals surface area (Å²) >= 11 is 0. The molecule has 296 valence electrons. The summed E-state index contributed by atoms with van der Waals surface area (Å²) in [6.45, 7) is 6.34. The van der Waals surface area contributed by atoms with Gasteiger partial charge in [0.1, 0.15) is 18.7 Å². The molecule has 1 aromatic carbocycles. The van der Waals surface area contributed by atoms with Gasteiger partial charge >= 0.3 is 6.18 Å². The standard InChI is InChI=1S/C39H37F4N9O5/c1-20-17-38(10-12-50(13-11-38)36(56)31-33(54)22(3)44-19-45-31)30-32(20)51(18-29(53)47-28-6-4-24(16-26(28)40)39(41,42)43)37-48-34(49-52(37)35(30)55)25-5-7-27(46-21(25)2)23-8-14-57-15-9-23/h4-7,16-17,19,23,54H,8-15,18H2,1-3H3,(H,47,53). The van der Waals surface area contributed by atoms with Crippen LogP contribution in [0, 0.1) is 19.7 Å². The van der Waals surface area contributed by atoms with Crippen LogP contribution >= 0.6 is 0 Å². The van der Waals surface area contributed by atoms with E-state index >= 15 is 0 Å². The number of aryl methyl sites for hydroxylation is 2. The van der Waals surface area contributed by atoms with Crippen molar-refractivity contribution in [1.29, 1.82) is 0 Å². The lowest BCUT2D eigenvalue weighted by atomic mass is 9.75. The third kappa shape index (κ3) is 6.70. The molecule has 6 heterocycles. The van der Waals surface area contributed by atoms with Crippen LogP contribution in [-0.2, 0) is 27.7 Å². The second kappa shape index (κ2) is 14.2. The lowest BCUT2D eigenvalue weighted by molar-refractivity contribution is -0.137. The van der Waals surface area contributed by atoms with Gasteiger partial charge in [0.2, 0.25) is 11.7 Å². The summed E-state index contributed by atoms with van der Waals surface area (Å²) in [7, 11) is 0. The second-order valence-corrected chi connectivity index (χ2v) is 14.7. The Hall–Kier alpha value is -6.04. The lowest BCUT2D eigenvalue weighted by Crippen LogP contribution is -2.46. The van der Waals surface area contributed by atoms with Gasteiger partial charge in [-0.25, -0.2) is 14.4 Å². The van der Waals surface area contributed by atoms with Crippen LogP contribution in [-0.4, -0.2) is 82.2 Å². The summed E-state index contributed by atoms with van der Waals surface area (Å²) < 4.78 is 62.7. The minimum absolute atomic E-state index is 0.0108. The smallest absolute Gasteiger partial charge is 0.416 e. The molecule has 1 spiro atoms. The van der Waals surface area contributed by atoms with Crippen molar-refractivity contribution in [1.82, 2.24) is 39.0 Å². The summed E-state index contributed by atoms with van der Waals surface area (Å²) in [5.74, 6) is -2.44. The van der Waals surface area contributed by atoms with Crippen molar-refractivity contribution in [2.24, 2.45) is 0 Å². The van der Waals surface area contributed by atoms with E-state index in [-0.39, 0.29) is 47.7 Å². The molecule has 2 aliphatic heterocycles. The number of aromatic hydroxyl groups is 1. The molecule has 4 aromatic heterocycles. The van der Waals surface area contributed by atoms with Crippen molar-refractivity contribution < 1.29 is 37.0 Å². The monoisotopic (exact) mass is 787 g/mol. The summed E-state index contributed by atoms with van der Waals surface area (Å²) in [4.78, 5) is 60.8. The van der Waals surface area contributed by atoms with Gasteiger partial charge in [0.15, 0.2) is 17.3 Å². The molecule has 0 bridgehead atoms. The molecule has 57 heavy (non-hydrogen) atoms. The Morgan fingerprint density at radius 1 is 1.02 bits per heavy atom. The zero-order chi connectivity index (χ0) is 40.4. The van der Waals surface area contributed by atoms with Gasteiger partial charge in [-0.15, -0.1) is 5.10 Å². The Morgan fingerprint density at radius 2 is 1.75 bits per heavy atom. The molecule has 0 atom stereocenters. The number of nitrogens with zero attached hydrogens (tertiary/aromatic N) is 8. The normalized spacial score (nSPS) is 16.9. The highest BCUT2D eigenvalue weighted by atomic mass is 19.4. The highest BCUT2D eigenvalue weighted by molar-refractivity contribution is 5.95. The van der Waals surface area contributed by atoms with Gasteiger partial charge in [-0.05, 0) is 82.4 Å².